The molecule has 15 heavy (non-hydrogen) atoms. The van der Waals surface area contributed by atoms with Gasteiger partial charge in [0.15, 0.2) is 5.13 Å². The first-order chi connectivity index (χ1) is 7.00. The third kappa shape index (κ3) is 3.13. The number of rotatable bonds is 4. The van der Waals surface area contributed by atoms with E-state index in [1.807, 2.05) is 0 Å². The highest BCUT2D eigenvalue weighted by Crippen LogP contribution is 2.12. The average Bonchev–Trinajstić information content (AvgIpc) is 2.51. The fraction of sp³-hybridized carbons (Fsp3) is 0.167. The van der Waals surface area contributed by atoms with Crippen LogP contribution in [0.25, 0.3) is 0 Å². The molecule has 0 spiro atoms. The van der Waals surface area contributed by atoms with Gasteiger partial charge in [-0.25, -0.2) is 9.78 Å². The average molecular weight is 237 g/mol. The number of thiazole rings is 1. The van der Waals surface area contributed by atoms with E-state index in [4.69, 9.17) is 10.8 Å². The first-order valence-corrected chi connectivity index (χ1v) is 4.35. The molecule has 0 radical (unpaired) electrons. The molecule has 0 saturated heterocycles. The standard InChI is InChI=1S/C6H5F2N3O3S/c7-5(8)14-11-3(4(12)13)2-1-15-6(9)10-2/h1,5H,(H2,9,10)(H,12,13). The van der Waals surface area contributed by atoms with Crippen molar-refractivity contribution in [3.63, 3.8) is 0 Å². The Morgan fingerprint density at radius 1 is 1.73 bits per heavy atom. The van der Waals surface area contributed by atoms with Gasteiger partial charge in [-0.1, -0.05) is 5.16 Å². The summed E-state index contributed by atoms with van der Waals surface area (Å²) in [6.45, 7) is -3.18. The number of anilines is 1. The first-order valence-electron chi connectivity index (χ1n) is 3.47. The van der Waals surface area contributed by atoms with Gasteiger partial charge in [-0.3, -0.25) is 0 Å². The van der Waals surface area contributed by atoms with E-state index in [2.05, 4.69) is 15.0 Å². The molecule has 0 amide bonds. The summed E-state index contributed by atoms with van der Waals surface area (Å²) in [5.41, 5.74) is 4.40. The molecule has 0 bridgehead atoms. The van der Waals surface area contributed by atoms with Crippen molar-refractivity contribution in [2.45, 2.75) is 6.61 Å². The Labute approximate surface area is 86.0 Å². The number of carboxylic acids is 1. The van der Waals surface area contributed by atoms with Crippen LogP contribution in [0.15, 0.2) is 10.5 Å². The molecule has 0 aliphatic rings. The third-order valence-electron chi connectivity index (χ3n) is 1.19. The van der Waals surface area contributed by atoms with Crippen molar-refractivity contribution in [3.05, 3.63) is 11.1 Å². The van der Waals surface area contributed by atoms with E-state index in [0.29, 0.717) is 0 Å². The lowest BCUT2D eigenvalue weighted by molar-refractivity contribution is -0.134. The number of halogens is 2. The number of carbonyl (C=O) groups is 1. The van der Waals surface area contributed by atoms with Crippen molar-refractivity contribution in [2.75, 3.05) is 5.73 Å². The van der Waals surface area contributed by atoms with Crippen LogP contribution in [0.1, 0.15) is 5.69 Å². The summed E-state index contributed by atoms with van der Waals surface area (Å²) < 4.78 is 23.2. The molecule has 0 fully saturated rings. The maximum absolute atomic E-state index is 11.6. The van der Waals surface area contributed by atoms with E-state index < -0.39 is 18.3 Å². The van der Waals surface area contributed by atoms with Crippen LogP contribution >= 0.6 is 11.3 Å². The Morgan fingerprint density at radius 2 is 2.40 bits per heavy atom. The molecule has 0 unspecified atom stereocenters. The van der Waals surface area contributed by atoms with Crippen molar-refractivity contribution < 1.29 is 23.5 Å². The van der Waals surface area contributed by atoms with Crippen LogP contribution in [0.2, 0.25) is 0 Å². The SMILES string of the molecule is Nc1nc(C(=NOC(F)F)C(=O)O)cs1. The zero-order chi connectivity index (χ0) is 11.4. The van der Waals surface area contributed by atoms with Crippen LogP contribution in [0.3, 0.4) is 0 Å². The highest BCUT2D eigenvalue weighted by atomic mass is 32.1. The van der Waals surface area contributed by atoms with E-state index in [9.17, 15) is 13.6 Å². The van der Waals surface area contributed by atoms with Gasteiger partial charge in [0.1, 0.15) is 5.69 Å². The summed E-state index contributed by atoms with van der Waals surface area (Å²) in [6.07, 6.45) is 0. The molecule has 0 atom stereocenters. The zero-order valence-electron chi connectivity index (χ0n) is 7.05. The predicted molar refractivity (Wildman–Crippen MR) is 47.8 cm³/mol. The summed E-state index contributed by atoms with van der Waals surface area (Å²) >= 11 is 0.964. The number of nitrogens with two attached hydrogens (primary N) is 1. The molecule has 1 heterocycles. The Kier molecular flexibility index (Phi) is 3.50. The van der Waals surface area contributed by atoms with E-state index in [1.54, 1.807) is 0 Å². The van der Waals surface area contributed by atoms with Gasteiger partial charge in [0, 0.05) is 5.38 Å². The first kappa shape index (κ1) is 11.3. The number of nitrogen functional groups attached to an aromatic ring is 1. The number of hydrogen-bond donors (Lipinski definition) is 2. The van der Waals surface area contributed by atoms with Crippen LogP contribution in [-0.2, 0) is 9.63 Å². The number of alkyl halides is 2. The molecule has 0 aromatic carbocycles. The molecule has 3 N–H and O–H groups in total. The van der Waals surface area contributed by atoms with Crippen molar-refractivity contribution in [1.82, 2.24) is 4.98 Å². The van der Waals surface area contributed by atoms with Gasteiger partial charge >= 0.3 is 12.6 Å². The fourth-order valence-corrected chi connectivity index (χ4v) is 1.23. The number of hydrogen-bond acceptors (Lipinski definition) is 6. The second-order valence-electron chi connectivity index (χ2n) is 2.18. The van der Waals surface area contributed by atoms with Crippen LogP contribution < -0.4 is 5.73 Å². The summed E-state index contributed by atoms with van der Waals surface area (Å²) in [7, 11) is 0. The lowest BCUT2D eigenvalue weighted by atomic mass is 10.3. The number of aliphatic carboxylic acids is 1. The number of carboxylic acid groups (broad SMARTS) is 1. The summed E-state index contributed by atoms with van der Waals surface area (Å²) in [5.74, 6) is -1.53. The number of aromatic nitrogens is 1. The molecule has 1 rings (SSSR count). The predicted octanol–water partition coefficient (Wildman–Crippen LogP) is 0.753. The summed E-state index contributed by atoms with van der Waals surface area (Å²) in [5, 5.41) is 12.8. The Bertz CT molecular complexity index is 393. The second kappa shape index (κ2) is 4.64. The van der Waals surface area contributed by atoms with Gasteiger partial charge < -0.3 is 15.7 Å². The van der Waals surface area contributed by atoms with Crippen molar-refractivity contribution >= 4 is 28.1 Å². The van der Waals surface area contributed by atoms with Gasteiger partial charge in [-0.15, -0.1) is 11.3 Å². The highest BCUT2D eigenvalue weighted by Gasteiger charge is 2.17. The quantitative estimate of drug-likeness (QED) is 0.594. The smallest absolute Gasteiger partial charge is 0.407 e. The summed E-state index contributed by atoms with van der Waals surface area (Å²) in [4.78, 5) is 17.7. The minimum absolute atomic E-state index is 0.107. The molecule has 0 aliphatic carbocycles. The Balaban J connectivity index is 2.93. The molecule has 0 aliphatic heterocycles. The highest BCUT2D eigenvalue weighted by molar-refractivity contribution is 7.13. The van der Waals surface area contributed by atoms with E-state index in [-0.39, 0.29) is 10.8 Å². The Hall–Kier alpha value is -1.77. The van der Waals surface area contributed by atoms with Crippen LogP contribution in [0.5, 0.6) is 0 Å². The van der Waals surface area contributed by atoms with Gasteiger partial charge in [-0.2, -0.15) is 8.78 Å². The molecule has 0 saturated carbocycles. The van der Waals surface area contributed by atoms with Gasteiger partial charge in [-0.05, 0) is 0 Å². The van der Waals surface area contributed by atoms with Crippen molar-refractivity contribution in [2.24, 2.45) is 5.16 Å². The second-order valence-corrected chi connectivity index (χ2v) is 3.07. The Morgan fingerprint density at radius 3 is 2.80 bits per heavy atom. The fourth-order valence-electron chi connectivity index (χ4n) is 0.684. The van der Waals surface area contributed by atoms with Crippen LogP contribution in [-0.4, -0.2) is 28.4 Å². The minimum atomic E-state index is -3.18. The molecular weight excluding hydrogens is 232 g/mol. The van der Waals surface area contributed by atoms with E-state index in [0.717, 1.165) is 11.3 Å². The lowest BCUT2D eigenvalue weighted by Gasteiger charge is -1.97. The molecule has 9 heteroatoms. The number of oxime groups is 1. The maximum Gasteiger partial charge on any atom is 0.407 e. The van der Waals surface area contributed by atoms with Crippen LogP contribution in [0.4, 0.5) is 13.9 Å². The van der Waals surface area contributed by atoms with Gasteiger partial charge in [0.05, 0.1) is 0 Å². The summed E-state index contributed by atoms with van der Waals surface area (Å²) in [6, 6.07) is 0. The van der Waals surface area contributed by atoms with E-state index >= 15 is 0 Å². The molecule has 1 aromatic rings. The van der Waals surface area contributed by atoms with Crippen molar-refractivity contribution in [3.8, 4) is 0 Å². The lowest BCUT2D eigenvalue weighted by Crippen LogP contribution is -2.16. The normalized spacial score (nSPS) is 11.8. The zero-order valence-corrected chi connectivity index (χ0v) is 7.87. The van der Waals surface area contributed by atoms with Crippen molar-refractivity contribution in [1.29, 1.82) is 0 Å². The molecule has 82 valence electrons. The van der Waals surface area contributed by atoms with Gasteiger partial charge in [0.2, 0.25) is 5.71 Å². The minimum Gasteiger partial charge on any atom is -0.476 e. The van der Waals surface area contributed by atoms with Crippen LogP contribution in [0, 0.1) is 0 Å². The number of nitrogens with zero attached hydrogens (tertiary/aromatic N) is 2. The molecular formula is C6H5F2N3O3S. The monoisotopic (exact) mass is 237 g/mol. The maximum atomic E-state index is 11.6. The molecule has 1 aromatic heterocycles. The topological polar surface area (TPSA) is 97.8 Å². The molecule has 6 nitrogen and oxygen atoms in total. The van der Waals surface area contributed by atoms with Gasteiger partial charge in [0.25, 0.3) is 0 Å². The largest absolute Gasteiger partial charge is 0.476 e. The van der Waals surface area contributed by atoms with E-state index in [1.165, 1.54) is 5.38 Å². The third-order valence-corrected chi connectivity index (χ3v) is 1.86.